The summed E-state index contributed by atoms with van der Waals surface area (Å²) in [6, 6.07) is 16.9. The normalized spacial score (nSPS) is 12.1. The van der Waals surface area contributed by atoms with E-state index in [-0.39, 0.29) is 10.9 Å². The van der Waals surface area contributed by atoms with Gasteiger partial charge in [-0.2, -0.15) is 13.2 Å². The number of halogens is 4. The van der Waals surface area contributed by atoms with Gasteiger partial charge in [0.05, 0.1) is 5.56 Å². The van der Waals surface area contributed by atoms with Gasteiger partial charge in [0, 0.05) is 10.4 Å². The number of ether oxygens (including phenoxy) is 1. The molecule has 0 radical (unpaired) electrons. The molecule has 0 unspecified atom stereocenters. The maximum atomic E-state index is 12.7. The molecule has 8 heteroatoms. The third-order valence-electron chi connectivity index (χ3n) is 4.06. The maximum absolute atomic E-state index is 12.7. The monoisotopic (exact) mass is 418 g/mol. The molecule has 0 fully saturated rings. The van der Waals surface area contributed by atoms with Gasteiger partial charge < -0.3 is 10.5 Å². The quantitative estimate of drug-likeness (QED) is 0.198. The number of carbonyl (C=O) groups is 1. The number of hydrogen-bond acceptors (Lipinski definition) is 3. The number of nitrogens with one attached hydrogen (secondary N) is 1. The van der Waals surface area contributed by atoms with Gasteiger partial charge in [-0.25, -0.2) is 4.79 Å². The highest BCUT2D eigenvalue weighted by Crippen LogP contribution is 2.34. The third-order valence-corrected chi connectivity index (χ3v) is 4.38. The number of hydrogen-bond donors (Lipinski definition) is 2. The second kappa shape index (κ2) is 7.97. The molecule has 0 heterocycles. The highest BCUT2D eigenvalue weighted by atomic mass is 35.5. The van der Waals surface area contributed by atoms with E-state index >= 15 is 0 Å². The van der Waals surface area contributed by atoms with E-state index in [4.69, 9.17) is 22.7 Å². The zero-order valence-electron chi connectivity index (χ0n) is 14.8. The van der Waals surface area contributed by atoms with Crippen molar-refractivity contribution in [2.24, 2.45) is 5.73 Å². The summed E-state index contributed by atoms with van der Waals surface area (Å²) in [5.74, 6) is -3.34. The molecule has 0 aromatic heterocycles. The Labute approximate surface area is 168 Å². The van der Waals surface area contributed by atoms with E-state index in [0.29, 0.717) is 16.0 Å². The van der Waals surface area contributed by atoms with Crippen molar-refractivity contribution < 1.29 is 22.7 Å². The molecule has 0 bridgehead atoms. The van der Waals surface area contributed by atoms with E-state index < -0.39 is 23.7 Å². The van der Waals surface area contributed by atoms with E-state index in [1.54, 1.807) is 24.3 Å². The standard InChI is InChI=1S/C21H14ClF3N2O2/c22-17(10-12-4-2-1-3-5-12)14-7-8-15-13(11-14)6-9-16(19(26)27)18(15)29-20(28)21(23,24)25/h1-11H,(H3,26,27)/b17-10-. The molecule has 0 atom stereocenters. The van der Waals surface area contributed by atoms with Crippen LogP contribution in [-0.2, 0) is 4.79 Å². The predicted octanol–water partition coefficient (Wildman–Crippen LogP) is 5.33. The molecule has 0 amide bonds. The number of nitrogen functional groups attached to an aromatic ring is 1. The summed E-state index contributed by atoms with van der Waals surface area (Å²) >= 11 is 6.38. The Kier molecular flexibility index (Phi) is 5.61. The number of benzene rings is 3. The molecule has 0 aliphatic heterocycles. The Bertz CT molecular complexity index is 1130. The smallest absolute Gasteiger partial charge is 0.418 e. The molecular weight excluding hydrogens is 405 g/mol. The predicted molar refractivity (Wildman–Crippen MR) is 107 cm³/mol. The van der Waals surface area contributed by atoms with Gasteiger partial charge in [-0.15, -0.1) is 0 Å². The van der Waals surface area contributed by atoms with Crippen molar-refractivity contribution in [3.05, 3.63) is 77.4 Å². The molecule has 0 saturated heterocycles. The molecule has 0 saturated carbocycles. The molecule has 3 rings (SSSR count). The topological polar surface area (TPSA) is 76.2 Å². The Morgan fingerprint density at radius 3 is 2.38 bits per heavy atom. The van der Waals surface area contributed by atoms with Gasteiger partial charge in [0.1, 0.15) is 11.6 Å². The Morgan fingerprint density at radius 1 is 1.07 bits per heavy atom. The fourth-order valence-electron chi connectivity index (χ4n) is 2.70. The number of amidine groups is 1. The number of rotatable bonds is 4. The number of alkyl halides is 3. The van der Waals surface area contributed by atoms with Crippen LogP contribution in [0.25, 0.3) is 21.9 Å². The SMILES string of the molecule is N=C(N)c1ccc2cc(/C(Cl)=C/c3ccccc3)ccc2c1OC(=O)C(F)(F)F. The second-order valence-corrected chi connectivity index (χ2v) is 6.49. The van der Waals surface area contributed by atoms with E-state index in [2.05, 4.69) is 4.74 Å². The van der Waals surface area contributed by atoms with Gasteiger partial charge in [0.2, 0.25) is 0 Å². The molecule has 29 heavy (non-hydrogen) atoms. The molecular formula is C21H14ClF3N2O2. The minimum atomic E-state index is -5.18. The number of fused-ring (bicyclic) bond motifs is 1. The Hall–Kier alpha value is -3.32. The van der Waals surface area contributed by atoms with Crippen molar-refractivity contribution in [3.63, 3.8) is 0 Å². The summed E-state index contributed by atoms with van der Waals surface area (Å²) in [6.07, 6.45) is -3.44. The third kappa shape index (κ3) is 4.57. The van der Waals surface area contributed by atoms with Crippen molar-refractivity contribution in [2.75, 3.05) is 0 Å². The number of nitrogens with two attached hydrogens (primary N) is 1. The summed E-state index contributed by atoms with van der Waals surface area (Å²) in [7, 11) is 0. The summed E-state index contributed by atoms with van der Waals surface area (Å²) in [6.45, 7) is 0. The minimum absolute atomic E-state index is 0.117. The first-order valence-electron chi connectivity index (χ1n) is 8.29. The van der Waals surface area contributed by atoms with Crippen LogP contribution in [0.2, 0.25) is 0 Å². The van der Waals surface area contributed by atoms with Crippen molar-refractivity contribution in [2.45, 2.75) is 6.18 Å². The molecule has 3 N–H and O–H groups in total. The van der Waals surface area contributed by atoms with Gasteiger partial charge in [-0.3, -0.25) is 5.41 Å². The average Bonchev–Trinajstić information content (AvgIpc) is 2.67. The summed E-state index contributed by atoms with van der Waals surface area (Å²) in [4.78, 5) is 11.3. The van der Waals surface area contributed by atoms with Crippen LogP contribution in [0.4, 0.5) is 13.2 Å². The average molecular weight is 419 g/mol. The van der Waals surface area contributed by atoms with Gasteiger partial charge in [0.15, 0.2) is 0 Å². The fraction of sp³-hybridized carbons (Fsp3) is 0.0476. The van der Waals surface area contributed by atoms with Gasteiger partial charge in [0.25, 0.3) is 0 Å². The van der Waals surface area contributed by atoms with Gasteiger partial charge in [-0.1, -0.05) is 54.1 Å². The van der Waals surface area contributed by atoms with E-state index in [1.807, 2.05) is 30.3 Å². The first-order valence-corrected chi connectivity index (χ1v) is 8.67. The summed E-state index contributed by atoms with van der Waals surface area (Å²) in [5.41, 5.74) is 6.81. The largest absolute Gasteiger partial charge is 0.491 e. The molecule has 0 aliphatic rings. The van der Waals surface area contributed by atoms with Crippen LogP contribution in [0.15, 0.2) is 60.7 Å². The molecule has 4 nitrogen and oxygen atoms in total. The van der Waals surface area contributed by atoms with E-state index in [0.717, 1.165) is 5.56 Å². The van der Waals surface area contributed by atoms with Crippen LogP contribution in [0.3, 0.4) is 0 Å². The second-order valence-electron chi connectivity index (χ2n) is 6.08. The van der Waals surface area contributed by atoms with Crippen LogP contribution in [0, 0.1) is 5.41 Å². The zero-order valence-corrected chi connectivity index (χ0v) is 15.5. The maximum Gasteiger partial charge on any atom is 0.491 e. The van der Waals surface area contributed by atoms with Crippen molar-refractivity contribution in [1.82, 2.24) is 0 Å². The van der Waals surface area contributed by atoms with Crippen LogP contribution in [-0.4, -0.2) is 18.0 Å². The molecule has 0 aliphatic carbocycles. The van der Waals surface area contributed by atoms with Crippen LogP contribution in [0.1, 0.15) is 16.7 Å². The van der Waals surface area contributed by atoms with E-state index in [9.17, 15) is 18.0 Å². The summed E-state index contributed by atoms with van der Waals surface area (Å²) < 4.78 is 42.5. The van der Waals surface area contributed by atoms with Crippen molar-refractivity contribution in [1.29, 1.82) is 5.41 Å². The fourth-order valence-corrected chi connectivity index (χ4v) is 2.94. The lowest BCUT2D eigenvalue weighted by Gasteiger charge is -2.14. The zero-order chi connectivity index (χ0) is 21.2. The van der Waals surface area contributed by atoms with Crippen LogP contribution < -0.4 is 10.5 Å². The molecule has 148 valence electrons. The highest BCUT2D eigenvalue weighted by molar-refractivity contribution is 6.51. The van der Waals surface area contributed by atoms with Gasteiger partial charge >= 0.3 is 12.1 Å². The summed E-state index contributed by atoms with van der Waals surface area (Å²) in [5, 5.41) is 8.65. The van der Waals surface area contributed by atoms with Crippen molar-refractivity contribution >= 4 is 45.3 Å². The first kappa shape index (κ1) is 20.4. The van der Waals surface area contributed by atoms with Crippen LogP contribution in [0.5, 0.6) is 5.75 Å². The molecule has 3 aromatic carbocycles. The Balaban J connectivity index is 2.08. The van der Waals surface area contributed by atoms with Gasteiger partial charge in [-0.05, 0) is 40.8 Å². The molecule has 3 aromatic rings. The van der Waals surface area contributed by atoms with E-state index in [1.165, 1.54) is 12.1 Å². The van der Waals surface area contributed by atoms with Crippen molar-refractivity contribution in [3.8, 4) is 5.75 Å². The minimum Gasteiger partial charge on any atom is -0.418 e. The lowest BCUT2D eigenvalue weighted by atomic mass is 10.0. The lowest BCUT2D eigenvalue weighted by Crippen LogP contribution is -2.29. The molecule has 0 spiro atoms. The van der Waals surface area contributed by atoms with Crippen LogP contribution >= 0.6 is 11.6 Å². The first-order chi connectivity index (χ1) is 13.7. The highest BCUT2D eigenvalue weighted by Gasteiger charge is 2.42. The number of carbonyl (C=O) groups excluding carboxylic acids is 1. The number of esters is 1. The Morgan fingerprint density at radius 2 is 1.76 bits per heavy atom. The lowest BCUT2D eigenvalue weighted by molar-refractivity contribution is -0.189.